The molecule has 0 spiro atoms. The fraction of sp³-hybridized carbons (Fsp3) is 0.927. The predicted octanol–water partition coefficient (Wildman–Crippen LogP) is 1.49. The topological polar surface area (TPSA) is 212 Å². The zero-order valence-corrected chi connectivity index (χ0v) is 34.1. The van der Waals surface area contributed by atoms with Crippen LogP contribution in [0, 0.1) is 28.6 Å². The Labute approximate surface area is 329 Å². The third kappa shape index (κ3) is 6.96. The summed E-state index contributed by atoms with van der Waals surface area (Å²) in [5.41, 5.74) is -1.65. The first-order valence-corrected chi connectivity index (χ1v) is 20.7. The number of aliphatic hydroxyl groups is 6. The van der Waals surface area contributed by atoms with Gasteiger partial charge in [-0.15, -0.1) is 0 Å². The van der Waals surface area contributed by atoms with Crippen molar-refractivity contribution in [2.24, 2.45) is 28.6 Å². The maximum atomic E-state index is 12.7. The minimum atomic E-state index is -1.46. The van der Waals surface area contributed by atoms with Crippen LogP contribution < -0.4 is 0 Å². The summed E-state index contributed by atoms with van der Waals surface area (Å²) in [6, 6.07) is 0. The second-order valence-corrected chi connectivity index (χ2v) is 18.3. The SMILES string of the molecule is CO[C@H]1C[C@@H](O[C@H]2[C@@H](C)O[C@@H](O[C@H]3CC[C@@]4(C)C(=CC[C@@H]5[C@@H]4[C@H](O)[C@@H](O)[C@]4(C)[C@@H](C(C)=O)CC[C@]54O)C3)C[C@H]2OC)O[C@@H](C)[C@H]1O[C@@H]1O[C@H](C)[C@H](O)[C@H](O)[C@@H]1O. The fourth-order valence-corrected chi connectivity index (χ4v) is 12.1. The van der Waals surface area contributed by atoms with Gasteiger partial charge in [-0.1, -0.05) is 25.5 Å². The number of hydrogen-bond acceptors (Lipinski definition) is 15. The molecule has 0 amide bonds. The highest BCUT2D eigenvalue weighted by atomic mass is 16.7. The van der Waals surface area contributed by atoms with Crippen molar-refractivity contribution < 1.29 is 73.3 Å². The highest BCUT2D eigenvalue weighted by Gasteiger charge is 2.73. The van der Waals surface area contributed by atoms with Gasteiger partial charge in [0.05, 0.1) is 54.4 Å². The summed E-state index contributed by atoms with van der Waals surface area (Å²) in [5, 5.41) is 66.6. The molecule has 0 aromatic heterocycles. The quantitative estimate of drug-likeness (QED) is 0.183. The van der Waals surface area contributed by atoms with Crippen LogP contribution in [0.3, 0.4) is 0 Å². The molecule has 3 heterocycles. The van der Waals surface area contributed by atoms with Gasteiger partial charge in [0, 0.05) is 44.3 Å². The van der Waals surface area contributed by atoms with Crippen molar-refractivity contribution >= 4 is 5.78 Å². The molecule has 320 valence electrons. The maximum absolute atomic E-state index is 12.7. The molecule has 0 unspecified atom stereocenters. The summed E-state index contributed by atoms with van der Waals surface area (Å²) >= 11 is 0. The number of carbonyl (C=O) groups excluding carboxylic acids is 1. The molecule has 0 radical (unpaired) electrons. The van der Waals surface area contributed by atoms with Gasteiger partial charge in [0.1, 0.15) is 36.3 Å². The molecular formula is C41H66O15. The summed E-state index contributed by atoms with van der Waals surface area (Å²) in [6.45, 7) is 10.8. The van der Waals surface area contributed by atoms with Gasteiger partial charge in [-0.2, -0.15) is 0 Å². The third-order valence-corrected chi connectivity index (χ3v) is 15.4. The maximum Gasteiger partial charge on any atom is 0.187 e. The minimum Gasteiger partial charge on any atom is -0.390 e. The van der Waals surface area contributed by atoms with Gasteiger partial charge >= 0.3 is 0 Å². The largest absolute Gasteiger partial charge is 0.390 e. The molecular weight excluding hydrogens is 732 g/mol. The van der Waals surface area contributed by atoms with Gasteiger partial charge in [-0.3, -0.25) is 4.79 Å². The van der Waals surface area contributed by atoms with Crippen molar-refractivity contribution in [3.05, 3.63) is 11.6 Å². The molecule has 0 bridgehead atoms. The van der Waals surface area contributed by atoms with Crippen molar-refractivity contribution in [3.63, 3.8) is 0 Å². The highest BCUT2D eigenvalue weighted by Crippen LogP contribution is 2.68. The number of allylic oxidation sites excluding steroid dienone is 1. The molecule has 15 heteroatoms. The number of fused-ring (bicyclic) bond motifs is 5. The van der Waals surface area contributed by atoms with Gasteiger partial charge in [-0.05, 0) is 77.6 Å². The predicted molar refractivity (Wildman–Crippen MR) is 197 cm³/mol. The van der Waals surface area contributed by atoms with Crippen LogP contribution >= 0.6 is 0 Å². The van der Waals surface area contributed by atoms with Crippen LogP contribution in [0.2, 0.25) is 0 Å². The van der Waals surface area contributed by atoms with Gasteiger partial charge in [-0.25, -0.2) is 0 Å². The molecule has 6 fully saturated rings. The molecule has 6 N–H and O–H groups in total. The van der Waals surface area contributed by atoms with Crippen LogP contribution in [0.25, 0.3) is 0 Å². The molecule has 3 aliphatic heterocycles. The van der Waals surface area contributed by atoms with Crippen LogP contribution in [-0.4, -0.2) is 154 Å². The first-order valence-electron chi connectivity index (χ1n) is 20.7. The smallest absolute Gasteiger partial charge is 0.187 e. The lowest BCUT2D eigenvalue weighted by atomic mass is 9.44. The van der Waals surface area contributed by atoms with Gasteiger partial charge < -0.3 is 68.5 Å². The lowest BCUT2D eigenvalue weighted by Crippen LogP contribution is -2.71. The van der Waals surface area contributed by atoms with Crippen LogP contribution in [0.15, 0.2) is 11.6 Å². The van der Waals surface area contributed by atoms with Gasteiger partial charge in [0.15, 0.2) is 18.9 Å². The molecule has 7 rings (SSSR count). The highest BCUT2D eigenvalue weighted by molar-refractivity contribution is 5.80. The van der Waals surface area contributed by atoms with Crippen LogP contribution in [0.1, 0.15) is 92.9 Å². The van der Waals surface area contributed by atoms with E-state index in [-0.39, 0.29) is 29.8 Å². The Morgan fingerprint density at radius 2 is 1.38 bits per heavy atom. The van der Waals surface area contributed by atoms with Crippen molar-refractivity contribution in [2.45, 2.75) is 197 Å². The third-order valence-electron chi connectivity index (χ3n) is 15.4. The van der Waals surface area contributed by atoms with Gasteiger partial charge in [0.2, 0.25) is 0 Å². The Morgan fingerprint density at radius 1 is 0.768 bits per heavy atom. The van der Waals surface area contributed by atoms with E-state index in [0.29, 0.717) is 51.4 Å². The average Bonchev–Trinajstić information content (AvgIpc) is 3.45. The molecule has 3 saturated carbocycles. The van der Waals surface area contributed by atoms with E-state index in [2.05, 4.69) is 13.0 Å². The number of methoxy groups -OCH3 is 2. The van der Waals surface area contributed by atoms with Crippen LogP contribution in [0.4, 0.5) is 0 Å². The number of Topliss-reactive ketones (excluding diaryl/α,β-unsaturated/α-hetero) is 1. The fourth-order valence-electron chi connectivity index (χ4n) is 12.1. The molecule has 7 aliphatic rings. The molecule has 15 nitrogen and oxygen atoms in total. The Morgan fingerprint density at radius 3 is 1.98 bits per heavy atom. The van der Waals surface area contributed by atoms with E-state index in [9.17, 15) is 35.4 Å². The van der Waals surface area contributed by atoms with E-state index in [1.807, 2.05) is 6.92 Å². The van der Waals surface area contributed by atoms with Crippen LogP contribution in [-0.2, 0) is 42.7 Å². The summed E-state index contributed by atoms with van der Waals surface area (Å²) in [6.07, 6.45) is -6.28. The van der Waals surface area contributed by atoms with Crippen molar-refractivity contribution in [2.75, 3.05) is 14.2 Å². The van der Waals surface area contributed by atoms with E-state index in [0.717, 1.165) is 5.57 Å². The lowest BCUT2D eigenvalue weighted by Gasteiger charge is -2.64. The summed E-state index contributed by atoms with van der Waals surface area (Å²) < 4.78 is 49.3. The minimum absolute atomic E-state index is 0.0547. The van der Waals surface area contributed by atoms with E-state index in [4.69, 9.17) is 37.9 Å². The number of rotatable bonds is 9. The summed E-state index contributed by atoms with van der Waals surface area (Å²) in [7, 11) is 3.18. The molecule has 22 atom stereocenters. The standard InChI is InChI=1S/C41H66O15/c1-18(42)24-12-14-41(48)25-10-9-22-15-23(11-13-39(22,5)30(25)32(44)37(47)40(24,41)6)54-28-16-26(49-7)35(20(3)51-28)55-29-17-27(50-8)36(21(4)52-29)56-38-34(46)33(45)31(43)19(2)53-38/h9,19-21,23-38,43-48H,10-17H2,1-8H3/t19-,20-,21+,23+,24-,25-,26-,27+,28+,29-,30-,31+,32+,33+,34+,35+,36-,37-,38+,39+,40+,41+/m1/s1. The first kappa shape index (κ1) is 43.0. The Kier molecular flexibility index (Phi) is 12.3. The van der Waals surface area contributed by atoms with Crippen molar-refractivity contribution in [3.8, 4) is 0 Å². The van der Waals surface area contributed by atoms with Crippen LogP contribution in [0.5, 0.6) is 0 Å². The number of hydrogen-bond donors (Lipinski definition) is 6. The monoisotopic (exact) mass is 798 g/mol. The molecule has 56 heavy (non-hydrogen) atoms. The zero-order chi connectivity index (χ0) is 40.6. The Hall–Kier alpha value is -1.15. The first-order chi connectivity index (χ1) is 26.4. The summed E-state index contributed by atoms with van der Waals surface area (Å²) in [4.78, 5) is 12.7. The molecule has 4 aliphatic carbocycles. The summed E-state index contributed by atoms with van der Waals surface area (Å²) in [5.74, 6) is -1.18. The number of ether oxygens (including phenoxy) is 8. The second-order valence-electron chi connectivity index (χ2n) is 18.3. The number of ketones is 1. The molecule has 0 aromatic carbocycles. The van der Waals surface area contributed by atoms with E-state index < -0.39 is 108 Å². The lowest BCUT2D eigenvalue weighted by molar-refractivity contribution is -0.351. The zero-order valence-electron chi connectivity index (χ0n) is 34.1. The number of carbonyl (C=O) groups is 1. The number of aliphatic hydroxyl groups excluding tert-OH is 5. The Balaban J connectivity index is 0.963. The Bertz CT molecular complexity index is 1450. The average molecular weight is 799 g/mol. The van der Waals surface area contributed by atoms with E-state index in [1.54, 1.807) is 35.0 Å². The van der Waals surface area contributed by atoms with Crippen molar-refractivity contribution in [1.29, 1.82) is 0 Å². The second kappa shape index (κ2) is 16.0. The van der Waals surface area contributed by atoms with E-state index >= 15 is 0 Å². The van der Waals surface area contributed by atoms with Crippen molar-refractivity contribution in [1.82, 2.24) is 0 Å². The molecule has 3 saturated heterocycles. The molecule has 0 aromatic rings. The van der Waals surface area contributed by atoms with Gasteiger partial charge in [0.25, 0.3) is 0 Å². The normalized spacial score (nSPS) is 54.8. The van der Waals surface area contributed by atoms with E-state index in [1.165, 1.54) is 6.92 Å².